The molecule has 2 aromatic heterocycles. The summed E-state index contributed by atoms with van der Waals surface area (Å²) in [6, 6.07) is 17.2. The minimum Gasteiger partial charge on any atom is -0.308 e. The van der Waals surface area contributed by atoms with Crippen molar-refractivity contribution in [1.82, 2.24) is 19.6 Å². The molecule has 0 spiro atoms. The van der Waals surface area contributed by atoms with Gasteiger partial charge in [0.15, 0.2) is 5.82 Å². The van der Waals surface area contributed by atoms with Gasteiger partial charge in [0.25, 0.3) is 6.43 Å². The van der Waals surface area contributed by atoms with Crippen LogP contribution < -0.4 is 5.32 Å². The van der Waals surface area contributed by atoms with Crippen LogP contribution in [-0.2, 0) is 17.9 Å². The first-order chi connectivity index (χ1) is 14.0. The second-order valence-corrected chi connectivity index (χ2v) is 6.75. The molecule has 2 heterocycles. The molecule has 0 unspecified atom stereocenters. The van der Waals surface area contributed by atoms with E-state index in [2.05, 4.69) is 33.7 Å². The number of halogens is 2. The Hall–Kier alpha value is -3.55. The zero-order valence-corrected chi connectivity index (χ0v) is 15.7. The lowest BCUT2D eigenvalue weighted by atomic mass is 10.0. The van der Waals surface area contributed by atoms with Crippen molar-refractivity contribution in [3.05, 3.63) is 77.7 Å². The second-order valence-electron chi connectivity index (χ2n) is 6.75. The molecular weight excluding hydrogens is 376 g/mol. The Balaban J connectivity index is 1.43. The fourth-order valence-electron chi connectivity index (χ4n) is 3.24. The third kappa shape index (κ3) is 4.16. The average Bonchev–Trinajstić information content (AvgIpc) is 3.29. The number of hydrogen-bond acceptors (Lipinski definition) is 3. The number of nitrogens with zero attached hydrogens (tertiary/aromatic N) is 4. The Bertz CT molecular complexity index is 1160. The van der Waals surface area contributed by atoms with Crippen LogP contribution in [0.3, 0.4) is 0 Å². The Morgan fingerprint density at radius 3 is 2.69 bits per heavy atom. The van der Waals surface area contributed by atoms with Crippen LogP contribution in [0, 0.1) is 6.92 Å². The zero-order chi connectivity index (χ0) is 20.4. The number of benzene rings is 2. The zero-order valence-electron chi connectivity index (χ0n) is 15.7. The molecule has 8 heteroatoms. The molecule has 0 aliphatic heterocycles. The van der Waals surface area contributed by atoms with E-state index in [0.29, 0.717) is 18.1 Å². The maximum atomic E-state index is 12.7. The van der Waals surface area contributed by atoms with Crippen molar-refractivity contribution in [2.45, 2.75) is 26.4 Å². The number of fused-ring (bicyclic) bond motifs is 1. The van der Waals surface area contributed by atoms with Gasteiger partial charge in [0.2, 0.25) is 5.91 Å². The number of anilines is 1. The molecular formula is C21H19F2N5O. The number of aryl methyl sites for hydroxylation is 1. The molecule has 148 valence electrons. The van der Waals surface area contributed by atoms with Crippen LogP contribution >= 0.6 is 0 Å². The van der Waals surface area contributed by atoms with Gasteiger partial charge < -0.3 is 5.32 Å². The Morgan fingerprint density at radius 2 is 1.90 bits per heavy atom. The molecule has 2 aromatic carbocycles. The van der Waals surface area contributed by atoms with Gasteiger partial charge in [0.1, 0.15) is 12.2 Å². The van der Waals surface area contributed by atoms with E-state index < -0.39 is 6.43 Å². The number of carbonyl (C=O) groups excluding carboxylic acids is 1. The topological polar surface area (TPSA) is 64.7 Å². The molecule has 0 saturated carbocycles. The summed E-state index contributed by atoms with van der Waals surface area (Å²) in [5.74, 6) is 0.0153. The molecule has 4 rings (SSSR count). The lowest BCUT2D eigenvalue weighted by molar-refractivity contribution is -0.117. The van der Waals surface area contributed by atoms with E-state index >= 15 is 0 Å². The summed E-state index contributed by atoms with van der Waals surface area (Å²) < 4.78 is 28.5. The first-order valence-electron chi connectivity index (χ1n) is 9.12. The fourth-order valence-corrected chi connectivity index (χ4v) is 3.24. The van der Waals surface area contributed by atoms with E-state index in [4.69, 9.17) is 0 Å². The molecule has 1 N–H and O–H groups in total. The highest BCUT2D eigenvalue weighted by Gasteiger charge is 2.15. The highest BCUT2D eigenvalue weighted by atomic mass is 19.3. The molecule has 4 aromatic rings. The summed E-state index contributed by atoms with van der Waals surface area (Å²) in [7, 11) is 0. The highest BCUT2D eigenvalue weighted by molar-refractivity contribution is 5.89. The predicted molar refractivity (Wildman–Crippen MR) is 106 cm³/mol. The van der Waals surface area contributed by atoms with E-state index in [9.17, 15) is 13.6 Å². The molecule has 0 atom stereocenters. The van der Waals surface area contributed by atoms with Gasteiger partial charge in [-0.2, -0.15) is 10.2 Å². The summed E-state index contributed by atoms with van der Waals surface area (Å²) in [5, 5.41) is 13.1. The number of carbonyl (C=O) groups is 1. The standard InChI is InChI=1S/C21H19F2N5O/c1-14-11-18(21(22)23)25-28(14)13-20(29)24-19-9-10-27(26-19)12-16-7-4-6-15-5-2-3-8-17(15)16/h2-11,21H,12-13H2,1H3,(H,24,26,29). The van der Waals surface area contributed by atoms with Crippen LogP contribution in [0.1, 0.15) is 23.4 Å². The highest BCUT2D eigenvalue weighted by Crippen LogP contribution is 2.20. The van der Waals surface area contributed by atoms with Crippen LogP contribution in [0.15, 0.2) is 60.8 Å². The van der Waals surface area contributed by atoms with Gasteiger partial charge in [-0.1, -0.05) is 42.5 Å². The van der Waals surface area contributed by atoms with Crippen molar-refractivity contribution in [1.29, 1.82) is 0 Å². The summed E-state index contributed by atoms with van der Waals surface area (Å²) >= 11 is 0. The summed E-state index contributed by atoms with van der Waals surface area (Å²) in [6.07, 6.45) is -0.881. The summed E-state index contributed by atoms with van der Waals surface area (Å²) in [4.78, 5) is 12.2. The number of hydrogen-bond donors (Lipinski definition) is 1. The molecule has 6 nitrogen and oxygen atoms in total. The smallest absolute Gasteiger partial charge is 0.282 e. The molecule has 0 aliphatic rings. The Kier molecular flexibility index (Phi) is 5.07. The molecule has 0 radical (unpaired) electrons. The normalized spacial score (nSPS) is 11.3. The van der Waals surface area contributed by atoms with Crippen molar-refractivity contribution in [2.24, 2.45) is 0 Å². The van der Waals surface area contributed by atoms with Gasteiger partial charge in [0, 0.05) is 18.0 Å². The average molecular weight is 395 g/mol. The lowest BCUT2D eigenvalue weighted by Gasteiger charge is -2.07. The first-order valence-corrected chi connectivity index (χ1v) is 9.12. The molecule has 0 bridgehead atoms. The number of amides is 1. The van der Waals surface area contributed by atoms with Crippen molar-refractivity contribution in [3.8, 4) is 0 Å². The quantitative estimate of drug-likeness (QED) is 0.533. The number of rotatable bonds is 6. The molecule has 0 fully saturated rings. The number of alkyl halides is 2. The van der Waals surface area contributed by atoms with Crippen LogP contribution in [-0.4, -0.2) is 25.5 Å². The molecule has 0 saturated heterocycles. The van der Waals surface area contributed by atoms with Crippen molar-refractivity contribution >= 4 is 22.5 Å². The van der Waals surface area contributed by atoms with Crippen LogP contribution in [0.5, 0.6) is 0 Å². The van der Waals surface area contributed by atoms with Gasteiger partial charge in [0.05, 0.1) is 6.54 Å². The van der Waals surface area contributed by atoms with E-state index in [0.717, 1.165) is 16.3 Å². The number of nitrogens with one attached hydrogen (secondary N) is 1. The fraction of sp³-hybridized carbons (Fsp3) is 0.190. The maximum Gasteiger partial charge on any atom is 0.282 e. The number of aromatic nitrogens is 4. The molecule has 1 amide bonds. The first kappa shape index (κ1) is 18.8. The monoisotopic (exact) mass is 395 g/mol. The molecule has 0 aliphatic carbocycles. The summed E-state index contributed by atoms with van der Waals surface area (Å²) in [5.41, 5.74) is 1.28. The van der Waals surface area contributed by atoms with Crippen LogP contribution in [0.25, 0.3) is 10.8 Å². The minimum atomic E-state index is -2.66. The Labute approximate surface area is 165 Å². The van der Waals surface area contributed by atoms with Gasteiger partial charge in [-0.3, -0.25) is 14.2 Å². The van der Waals surface area contributed by atoms with Gasteiger partial charge in [-0.05, 0) is 29.3 Å². The van der Waals surface area contributed by atoms with E-state index in [1.165, 1.54) is 10.7 Å². The van der Waals surface area contributed by atoms with Crippen LogP contribution in [0.4, 0.5) is 14.6 Å². The van der Waals surface area contributed by atoms with E-state index in [1.54, 1.807) is 23.9 Å². The largest absolute Gasteiger partial charge is 0.308 e. The van der Waals surface area contributed by atoms with Gasteiger partial charge >= 0.3 is 0 Å². The van der Waals surface area contributed by atoms with E-state index in [1.807, 2.05) is 24.3 Å². The third-order valence-corrected chi connectivity index (χ3v) is 4.64. The van der Waals surface area contributed by atoms with Gasteiger partial charge in [-0.15, -0.1) is 0 Å². The Morgan fingerprint density at radius 1 is 1.10 bits per heavy atom. The van der Waals surface area contributed by atoms with Crippen molar-refractivity contribution < 1.29 is 13.6 Å². The van der Waals surface area contributed by atoms with Crippen LogP contribution in [0.2, 0.25) is 0 Å². The van der Waals surface area contributed by atoms with Gasteiger partial charge in [-0.25, -0.2) is 8.78 Å². The predicted octanol–water partition coefficient (Wildman–Crippen LogP) is 4.17. The SMILES string of the molecule is Cc1cc(C(F)F)nn1CC(=O)Nc1ccn(Cc2cccc3ccccc23)n1. The maximum absolute atomic E-state index is 12.7. The van der Waals surface area contributed by atoms with Crippen molar-refractivity contribution in [3.63, 3.8) is 0 Å². The minimum absolute atomic E-state index is 0.158. The third-order valence-electron chi connectivity index (χ3n) is 4.64. The molecule has 29 heavy (non-hydrogen) atoms. The van der Waals surface area contributed by atoms with E-state index in [-0.39, 0.29) is 18.1 Å². The van der Waals surface area contributed by atoms with Crippen molar-refractivity contribution in [2.75, 3.05) is 5.32 Å². The summed E-state index contributed by atoms with van der Waals surface area (Å²) in [6.45, 7) is 2.03. The lowest BCUT2D eigenvalue weighted by Crippen LogP contribution is -2.20. The second kappa shape index (κ2) is 7.83.